The Kier molecular flexibility index (Phi) is 11.1. The van der Waals surface area contributed by atoms with Gasteiger partial charge < -0.3 is 15.0 Å². The Hall–Kier alpha value is -0.980. The van der Waals surface area contributed by atoms with E-state index in [0.717, 1.165) is 12.2 Å². The maximum atomic E-state index is 12.4. The van der Waals surface area contributed by atoms with Crippen molar-refractivity contribution >= 4 is 23.8 Å². The highest BCUT2D eigenvalue weighted by Crippen LogP contribution is 2.16. The average molecular weight is 322 g/mol. The third-order valence-electron chi connectivity index (χ3n) is 3.23. The monoisotopic (exact) mass is 322 g/mol. The lowest BCUT2D eigenvalue weighted by atomic mass is 10.1. The van der Waals surface area contributed by atoms with E-state index in [-0.39, 0.29) is 24.4 Å². The number of ether oxygens (including phenoxy) is 1. The van der Waals surface area contributed by atoms with Gasteiger partial charge in [-0.1, -0.05) is 13.8 Å². The van der Waals surface area contributed by atoms with Crippen LogP contribution >= 0.6 is 11.8 Å². The van der Waals surface area contributed by atoms with Crippen LogP contribution in [0.4, 0.5) is 9.18 Å². The molecule has 1 N–H and O–H groups in total. The lowest BCUT2D eigenvalue weighted by Gasteiger charge is -2.34. The Morgan fingerprint density at radius 3 is 2.52 bits per heavy atom. The van der Waals surface area contributed by atoms with Crippen LogP contribution in [0, 0.1) is 0 Å². The maximum Gasteiger partial charge on any atom is 0.407 e. The molecule has 0 bridgehead atoms. The predicted molar refractivity (Wildman–Crippen MR) is 84.4 cm³/mol. The zero-order valence-corrected chi connectivity index (χ0v) is 14.2. The van der Waals surface area contributed by atoms with Crippen LogP contribution in [-0.2, 0) is 9.53 Å². The van der Waals surface area contributed by atoms with Crippen molar-refractivity contribution in [3.63, 3.8) is 0 Å². The number of likely N-dealkylation sites (N-methyl/N-ethyl adjacent to an activating group) is 1. The molecule has 0 radical (unpaired) electrons. The van der Waals surface area contributed by atoms with Crippen molar-refractivity contribution in [2.45, 2.75) is 45.2 Å². The Morgan fingerprint density at radius 1 is 1.38 bits per heavy atom. The Labute approximate surface area is 131 Å². The highest BCUT2D eigenvalue weighted by atomic mass is 32.2. The van der Waals surface area contributed by atoms with Crippen LogP contribution in [0.25, 0.3) is 0 Å². The molecule has 7 heteroatoms. The van der Waals surface area contributed by atoms with Crippen LogP contribution in [0.1, 0.15) is 33.1 Å². The van der Waals surface area contributed by atoms with Crippen molar-refractivity contribution in [3.05, 3.63) is 0 Å². The fourth-order valence-corrected chi connectivity index (χ4v) is 3.12. The summed E-state index contributed by atoms with van der Waals surface area (Å²) in [6.45, 7) is 3.36. The van der Waals surface area contributed by atoms with E-state index in [2.05, 4.69) is 17.0 Å². The molecule has 2 amide bonds. The van der Waals surface area contributed by atoms with Crippen molar-refractivity contribution in [1.82, 2.24) is 10.2 Å². The quantitative estimate of drug-likeness (QED) is 0.628. The third-order valence-corrected chi connectivity index (χ3v) is 4.50. The average Bonchev–Trinajstić information content (AvgIpc) is 2.49. The molecule has 124 valence electrons. The number of carbonyl (C=O) groups excluding carboxylic acids is 2. The van der Waals surface area contributed by atoms with Gasteiger partial charge in [-0.3, -0.25) is 9.18 Å². The number of nitrogens with zero attached hydrogens (tertiary/aromatic N) is 1. The van der Waals surface area contributed by atoms with Gasteiger partial charge in [0.2, 0.25) is 5.91 Å². The van der Waals surface area contributed by atoms with E-state index in [0.29, 0.717) is 12.2 Å². The van der Waals surface area contributed by atoms with Crippen LogP contribution in [0.5, 0.6) is 0 Å². The molecule has 21 heavy (non-hydrogen) atoms. The number of thioether (sulfide) groups is 1. The van der Waals surface area contributed by atoms with E-state index < -0.39 is 12.8 Å². The van der Waals surface area contributed by atoms with E-state index in [4.69, 9.17) is 0 Å². The summed E-state index contributed by atoms with van der Waals surface area (Å²) in [5, 5.41) is 2.76. The zero-order valence-electron chi connectivity index (χ0n) is 13.4. The first-order valence-electron chi connectivity index (χ1n) is 7.25. The molecule has 0 aliphatic heterocycles. The molecule has 0 fully saturated rings. The largest absolute Gasteiger partial charge is 0.453 e. The number of hydrogen-bond acceptors (Lipinski definition) is 4. The minimum Gasteiger partial charge on any atom is -0.453 e. The van der Waals surface area contributed by atoms with Crippen LogP contribution in [0.2, 0.25) is 0 Å². The summed E-state index contributed by atoms with van der Waals surface area (Å²) in [5.74, 6) is 1.44. The molecule has 0 aromatic heterocycles. The summed E-state index contributed by atoms with van der Waals surface area (Å²) < 4.78 is 17.0. The van der Waals surface area contributed by atoms with Gasteiger partial charge in [0.15, 0.2) is 0 Å². The molecule has 0 rings (SSSR count). The number of halogens is 1. The molecule has 0 aliphatic carbocycles. The van der Waals surface area contributed by atoms with Crippen molar-refractivity contribution < 1.29 is 18.7 Å². The highest BCUT2D eigenvalue weighted by molar-refractivity contribution is 7.99. The molecule has 0 aromatic rings. The number of methoxy groups -OCH3 is 1. The number of alkyl halides is 1. The number of amides is 2. The molecule has 0 saturated heterocycles. The molecule has 2 atom stereocenters. The summed E-state index contributed by atoms with van der Waals surface area (Å²) in [6, 6.07) is -0.389. The van der Waals surface area contributed by atoms with Crippen molar-refractivity contribution in [1.29, 1.82) is 0 Å². The second-order valence-electron chi connectivity index (χ2n) is 4.74. The van der Waals surface area contributed by atoms with Crippen LogP contribution in [-0.4, -0.2) is 61.3 Å². The van der Waals surface area contributed by atoms with Crippen LogP contribution in [0.15, 0.2) is 0 Å². The molecule has 0 aromatic carbocycles. The molecule has 0 spiro atoms. The molecule has 0 aliphatic rings. The SMILES string of the molecule is CCCSCC(C(CC)NC(=O)OC)N(C)C(=O)CCF. The first-order valence-corrected chi connectivity index (χ1v) is 8.41. The zero-order chi connectivity index (χ0) is 16.3. The molecular weight excluding hydrogens is 295 g/mol. The number of rotatable bonds is 10. The van der Waals surface area contributed by atoms with Gasteiger partial charge >= 0.3 is 6.09 Å². The third kappa shape index (κ3) is 7.55. The fourth-order valence-electron chi connectivity index (χ4n) is 1.97. The van der Waals surface area contributed by atoms with E-state index in [1.54, 1.807) is 23.7 Å². The standard InChI is InChI=1S/C14H27FN2O3S/c1-5-9-21-10-12(17(3)13(18)7-8-15)11(6-2)16-14(19)20-4/h11-12H,5-10H2,1-4H3,(H,16,19). The fraction of sp³-hybridized carbons (Fsp3) is 0.857. The minimum atomic E-state index is -0.667. The second-order valence-corrected chi connectivity index (χ2v) is 5.89. The van der Waals surface area contributed by atoms with E-state index in [1.807, 2.05) is 6.92 Å². The van der Waals surface area contributed by atoms with Gasteiger partial charge in [-0.2, -0.15) is 11.8 Å². The second kappa shape index (κ2) is 11.7. The van der Waals surface area contributed by atoms with Crippen molar-refractivity contribution in [2.24, 2.45) is 0 Å². The summed E-state index contributed by atoms with van der Waals surface area (Å²) in [6.07, 6.45) is 1.07. The van der Waals surface area contributed by atoms with Gasteiger partial charge in [-0.25, -0.2) is 4.79 Å². The smallest absolute Gasteiger partial charge is 0.407 e. The number of hydrogen-bond donors (Lipinski definition) is 1. The number of nitrogens with one attached hydrogen (secondary N) is 1. The first-order chi connectivity index (χ1) is 10.0. The van der Waals surface area contributed by atoms with Gasteiger partial charge in [0, 0.05) is 12.8 Å². The molecule has 0 saturated carbocycles. The normalized spacial score (nSPS) is 13.4. The minimum absolute atomic E-state index is 0.125. The van der Waals surface area contributed by atoms with Gasteiger partial charge in [0.05, 0.1) is 32.3 Å². The molecular formula is C14H27FN2O3S. The number of carbonyl (C=O) groups is 2. The molecule has 5 nitrogen and oxygen atoms in total. The van der Waals surface area contributed by atoms with E-state index >= 15 is 0 Å². The topological polar surface area (TPSA) is 58.6 Å². The summed E-state index contributed by atoms with van der Waals surface area (Å²) >= 11 is 1.72. The maximum absolute atomic E-state index is 12.4. The van der Waals surface area contributed by atoms with Gasteiger partial charge in [-0.15, -0.1) is 0 Å². The van der Waals surface area contributed by atoms with Gasteiger partial charge in [0.25, 0.3) is 0 Å². The number of alkyl carbamates (subject to hydrolysis) is 1. The van der Waals surface area contributed by atoms with E-state index in [1.165, 1.54) is 7.11 Å². The van der Waals surface area contributed by atoms with Crippen molar-refractivity contribution in [3.8, 4) is 0 Å². The van der Waals surface area contributed by atoms with Gasteiger partial charge in [-0.05, 0) is 18.6 Å². The lowest BCUT2D eigenvalue weighted by molar-refractivity contribution is -0.132. The highest BCUT2D eigenvalue weighted by Gasteiger charge is 2.28. The van der Waals surface area contributed by atoms with E-state index in [9.17, 15) is 14.0 Å². The summed E-state index contributed by atoms with van der Waals surface area (Å²) in [4.78, 5) is 24.9. The first kappa shape index (κ1) is 20.0. The summed E-state index contributed by atoms with van der Waals surface area (Å²) in [5.41, 5.74) is 0. The van der Waals surface area contributed by atoms with Gasteiger partial charge in [0.1, 0.15) is 0 Å². The lowest BCUT2D eigenvalue weighted by Crippen LogP contribution is -2.53. The predicted octanol–water partition coefficient (Wildman–Crippen LogP) is 2.45. The molecule has 2 unspecified atom stereocenters. The summed E-state index contributed by atoms with van der Waals surface area (Å²) in [7, 11) is 2.97. The Morgan fingerprint density at radius 2 is 2.05 bits per heavy atom. The van der Waals surface area contributed by atoms with Crippen LogP contribution in [0.3, 0.4) is 0 Å². The molecule has 0 heterocycles. The Balaban J connectivity index is 4.89. The van der Waals surface area contributed by atoms with Crippen LogP contribution < -0.4 is 5.32 Å². The Bertz CT molecular complexity index is 319. The van der Waals surface area contributed by atoms with Crippen molar-refractivity contribution in [2.75, 3.05) is 32.3 Å².